The van der Waals surface area contributed by atoms with Gasteiger partial charge in [0.1, 0.15) is 5.82 Å². The van der Waals surface area contributed by atoms with Gasteiger partial charge in [0, 0.05) is 0 Å². The van der Waals surface area contributed by atoms with Gasteiger partial charge >= 0.3 is 0 Å². The molecule has 4 aromatic rings. The van der Waals surface area contributed by atoms with Crippen LogP contribution in [0.3, 0.4) is 0 Å². The van der Waals surface area contributed by atoms with Gasteiger partial charge in [0.2, 0.25) is 0 Å². The van der Waals surface area contributed by atoms with E-state index in [1.807, 2.05) is 12.1 Å². The Kier molecular flexibility index (Phi) is 6.45. The van der Waals surface area contributed by atoms with Crippen molar-refractivity contribution < 1.29 is 13.2 Å². The Labute approximate surface area is 187 Å². The number of alkyl halides is 2. The summed E-state index contributed by atoms with van der Waals surface area (Å²) in [4.78, 5) is 0. The van der Waals surface area contributed by atoms with E-state index in [0.717, 1.165) is 29.5 Å². The SMILES string of the molecule is CCCc1ccc(-c2ccc(-c3ccc(-c4ccc(C)c(F)c4C(F)F)cc3)cc2)cc1. The molecule has 0 aromatic heterocycles. The quantitative estimate of drug-likeness (QED) is 0.286. The summed E-state index contributed by atoms with van der Waals surface area (Å²) in [6.07, 6.45) is -0.647. The Balaban J connectivity index is 1.58. The van der Waals surface area contributed by atoms with E-state index in [0.29, 0.717) is 5.56 Å². The molecule has 0 aliphatic rings. The molecular weight excluding hydrogens is 405 g/mol. The van der Waals surface area contributed by atoms with Crippen LogP contribution in [0.4, 0.5) is 13.2 Å². The van der Waals surface area contributed by atoms with E-state index in [-0.39, 0.29) is 11.1 Å². The Hall–Kier alpha value is -3.33. The molecule has 0 N–H and O–H groups in total. The third-order valence-corrected chi connectivity index (χ3v) is 5.83. The van der Waals surface area contributed by atoms with E-state index >= 15 is 0 Å². The number of benzene rings is 4. The third-order valence-electron chi connectivity index (χ3n) is 5.83. The number of halogens is 3. The van der Waals surface area contributed by atoms with Crippen LogP contribution in [0.5, 0.6) is 0 Å². The highest BCUT2D eigenvalue weighted by Crippen LogP contribution is 2.35. The molecule has 0 radical (unpaired) electrons. The molecule has 0 aliphatic carbocycles. The first kappa shape index (κ1) is 21.9. The van der Waals surface area contributed by atoms with Gasteiger partial charge < -0.3 is 0 Å². The molecule has 0 heterocycles. The van der Waals surface area contributed by atoms with E-state index in [1.165, 1.54) is 24.1 Å². The molecule has 0 atom stereocenters. The molecular formula is C29H25F3. The average molecular weight is 431 g/mol. The van der Waals surface area contributed by atoms with Crippen molar-refractivity contribution in [3.63, 3.8) is 0 Å². The summed E-state index contributed by atoms with van der Waals surface area (Å²) in [6, 6.07) is 27.3. The Bertz CT molecular complexity index is 1190. The van der Waals surface area contributed by atoms with Crippen LogP contribution in [0.25, 0.3) is 33.4 Å². The lowest BCUT2D eigenvalue weighted by Gasteiger charge is -2.13. The van der Waals surface area contributed by atoms with Gasteiger partial charge in [0.05, 0.1) is 5.56 Å². The molecule has 0 spiro atoms. The van der Waals surface area contributed by atoms with Crippen molar-refractivity contribution in [2.75, 3.05) is 0 Å². The second-order valence-electron chi connectivity index (χ2n) is 8.06. The Morgan fingerprint density at radius 3 is 1.50 bits per heavy atom. The Morgan fingerprint density at radius 2 is 1.06 bits per heavy atom. The van der Waals surface area contributed by atoms with Gasteiger partial charge in [-0.15, -0.1) is 0 Å². The monoisotopic (exact) mass is 430 g/mol. The van der Waals surface area contributed by atoms with Gasteiger partial charge in [-0.25, -0.2) is 13.2 Å². The highest BCUT2D eigenvalue weighted by atomic mass is 19.3. The van der Waals surface area contributed by atoms with Crippen molar-refractivity contribution in [3.05, 3.63) is 107 Å². The molecule has 0 saturated heterocycles. The fraction of sp³-hybridized carbons (Fsp3) is 0.172. The fourth-order valence-electron chi connectivity index (χ4n) is 4.02. The van der Waals surface area contributed by atoms with Crippen molar-refractivity contribution in [2.24, 2.45) is 0 Å². The van der Waals surface area contributed by atoms with Crippen molar-refractivity contribution >= 4 is 0 Å². The maximum atomic E-state index is 14.3. The zero-order valence-corrected chi connectivity index (χ0v) is 18.2. The molecule has 0 bridgehead atoms. The summed E-state index contributed by atoms with van der Waals surface area (Å²) in [7, 11) is 0. The number of rotatable bonds is 6. The predicted molar refractivity (Wildman–Crippen MR) is 126 cm³/mol. The Morgan fingerprint density at radius 1 is 0.625 bits per heavy atom. The van der Waals surface area contributed by atoms with Gasteiger partial charge in [-0.05, 0) is 57.9 Å². The largest absolute Gasteiger partial charge is 0.267 e. The minimum absolute atomic E-state index is 0.223. The molecule has 162 valence electrons. The summed E-state index contributed by atoms with van der Waals surface area (Å²) in [6.45, 7) is 3.67. The maximum Gasteiger partial charge on any atom is 0.267 e. The molecule has 0 nitrogen and oxygen atoms in total. The first-order valence-electron chi connectivity index (χ1n) is 10.8. The van der Waals surface area contributed by atoms with Crippen molar-refractivity contribution in [1.29, 1.82) is 0 Å². The van der Waals surface area contributed by atoms with Crippen LogP contribution in [-0.2, 0) is 6.42 Å². The summed E-state index contributed by atoms with van der Waals surface area (Å²) < 4.78 is 41.3. The number of hydrogen-bond acceptors (Lipinski definition) is 0. The zero-order valence-electron chi connectivity index (χ0n) is 18.2. The number of aryl methyl sites for hydroxylation is 2. The summed E-state index contributed by atoms with van der Waals surface area (Å²) in [5.41, 5.74) is 6.17. The first-order chi connectivity index (χ1) is 15.5. The van der Waals surface area contributed by atoms with Crippen LogP contribution in [0.15, 0.2) is 84.9 Å². The molecule has 0 aliphatic heterocycles. The van der Waals surface area contributed by atoms with Crippen molar-refractivity contribution in [1.82, 2.24) is 0 Å². The van der Waals surface area contributed by atoms with Gasteiger partial charge in [-0.1, -0.05) is 98.3 Å². The smallest absolute Gasteiger partial charge is 0.206 e. The van der Waals surface area contributed by atoms with Gasteiger partial charge in [0.25, 0.3) is 6.43 Å². The van der Waals surface area contributed by atoms with Gasteiger partial charge in [-0.2, -0.15) is 0 Å². The summed E-state index contributed by atoms with van der Waals surface area (Å²) >= 11 is 0. The van der Waals surface area contributed by atoms with Crippen LogP contribution in [0.1, 0.15) is 36.5 Å². The topological polar surface area (TPSA) is 0 Å². The molecule has 0 fully saturated rings. The number of hydrogen-bond donors (Lipinski definition) is 0. The maximum absolute atomic E-state index is 14.3. The minimum atomic E-state index is -2.87. The van der Waals surface area contributed by atoms with Gasteiger partial charge in [-0.3, -0.25) is 0 Å². The fourth-order valence-corrected chi connectivity index (χ4v) is 4.02. The lowest BCUT2D eigenvalue weighted by atomic mass is 9.94. The highest BCUT2D eigenvalue weighted by Gasteiger charge is 2.21. The van der Waals surface area contributed by atoms with E-state index in [2.05, 4.69) is 55.5 Å². The van der Waals surface area contributed by atoms with E-state index in [9.17, 15) is 13.2 Å². The normalized spacial score (nSPS) is 11.2. The molecule has 0 unspecified atom stereocenters. The molecule has 4 aromatic carbocycles. The third kappa shape index (κ3) is 4.47. The summed E-state index contributed by atoms with van der Waals surface area (Å²) in [5.74, 6) is -0.833. The standard InChI is InChI=1S/C29H25F3/c1-3-4-20-6-8-21(9-7-20)22-10-12-23(13-11-22)24-14-16-25(17-15-24)26-18-5-19(2)28(30)27(26)29(31)32/h5-18,29H,3-4H2,1-2H3. The first-order valence-corrected chi connectivity index (χ1v) is 10.8. The molecule has 0 saturated carbocycles. The zero-order chi connectivity index (χ0) is 22.7. The van der Waals surface area contributed by atoms with Crippen LogP contribution in [0.2, 0.25) is 0 Å². The van der Waals surface area contributed by atoms with E-state index in [1.54, 1.807) is 18.2 Å². The summed E-state index contributed by atoms with van der Waals surface area (Å²) in [5, 5.41) is 0. The lowest BCUT2D eigenvalue weighted by molar-refractivity contribution is 0.147. The van der Waals surface area contributed by atoms with Crippen LogP contribution in [0, 0.1) is 12.7 Å². The predicted octanol–water partition coefficient (Wildman–Crippen LogP) is 9.03. The van der Waals surface area contributed by atoms with E-state index < -0.39 is 17.8 Å². The molecule has 32 heavy (non-hydrogen) atoms. The molecule has 4 rings (SSSR count). The highest BCUT2D eigenvalue weighted by molar-refractivity contribution is 5.74. The lowest BCUT2D eigenvalue weighted by Crippen LogP contribution is -1.98. The average Bonchev–Trinajstić information content (AvgIpc) is 2.81. The van der Waals surface area contributed by atoms with E-state index in [4.69, 9.17) is 0 Å². The van der Waals surface area contributed by atoms with Crippen LogP contribution >= 0.6 is 0 Å². The molecule has 3 heteroatoms. The van der Waals surface area contributed by atoms with Gasteiger partial charge in [0.15, 0.2) is 0 Å². The molecule has 0 amide bonds. The second-order valence-corrected chi connectivity index (χ2v) is 8.06. The second kappa shape index (κ2) is 9.44. The van der Waals surface area contributed by atoms with Crippen LogP contribution in [-0.4, -0.2) is 0 Å². The van der Waals surface area contributed by atoms with Crippen molar-refractivity contribution in [3.8, 4) is 33.4 Å². The van der Waals surface area contributed by atoms with Crippen LogP contribution < -0.4 is 0 Å². The minimum Gasteiger partial charge on any atom is -0.206 e. The van der Waals surface area contributed by atoms with Crippen molar-refractivity contribution in [2.45, 2.75) is 33.1 Å².